The van der Waals surface area contributed by atoms with E-state index in [9.17, 15) is 4.79 Å². The molecule has 0 bridgehead atoms. The SMILES string of the molecule is CC(Sc1nnc(-c2ccc(C(C)(C)C)cc2)n1C)C(=O)Nc1ccc(N(C)C)cc1. The monoisotopic (exact) mass is 437 g/mol. The summed E-state index contributed by atoms with van der Waals surface area (Å²) in [5, 5.41) is 12.0. The first-order valence-electron chi connectivity index (χ1n) is 10.3. The maximum Gasteiger partial charge on any atom is 0.237 e. The lowest BCUT2D eigenvalue weighted by Gasteiger charge is -2.19. The molecule has 1 heterocycles. The van der Waals surface area contributed by atoms with Crippen molar-refractivity contribution >= 4 is 29.0 Å². The molecule has 0 fully saturated rings. The second kappa shape index (κ2) is 9.14. The summed E-state index contributed by atoms with van der Waals surface area (Å²) >= 11 is 1.40. The lowest BCUT2D eigenvalue weighted by atomic mass is 9.87. The van der Waals surface area contributed by atoms with Crippen LogP contribution >= 0.6 is 11.8 Å². The van der Waals surface area contributed by atoms with Crippen molar-refractivity contribution in [1.82, 2.24) is 14.8 Å². The largest absolute Gasteiger partial charge is 0.378 e. The van der Waals surface area contributed by atoms with Crippen molar-refractivity contribution < 1.29 is 4.79 Å². The Balaban J connectivity index is 1.67. The highest BCUT2D eigenvalue weighted by Gasteiger charge is 2.20. The molecule has 1 N–H and O–H groups in total. The normalized spacial score (nSPS) is 12.5. The van der Waals surface area contributed by atoms with E-state index >= 15 is 0 Å². The Morgan fingerprint density at radius 3 is 2.19 bits per heavy atom. The van der Waals surface area contributed by atoms with Gasteiger partial charge in [0.2, 0.25) is 5.91 Å². The molecule has 2 aromatic carbocycles. The summed E-state index contributed by atoms with van der Waals surface area (Å²) < 4.78 is 1.94. The van der Waals surface area contributed by atoms with Crippen LogP contribution in [0.4, 0.5) is 11.4 Å². The van der Waals surface area contributed by atoms with Gasteiger partial charge < -0.3 is 14.8 Å². The molecule has 0 radical (unpaired) electrons. The maximum absolute atomic E-state index is 12.7. The van der Waals surface area contributed by atoms with Crippen molar-refractivity contribution in [3.8, 4) is 11.4 Å². The molecular weight excluding hydrogens is 406 g/mol. The van der Waals surface area contributed by atoms with E-state index in [2.05, 4.69) is 60.6 Å². The van der Waals surface area contributed by atoms with Gasteiger partial charge in [0, 0.05) is 38.1 Å². The van der Waals surface area contributed by atoms with Crippen LogP contribution in [0.1, 0.15) is 33.3 Å². The first-order valence-corrected chi connectivity index (χ1v) is 11.2. The van der Waals surface area contributed by atoms with E-state index in [-0.39, 0.29) is 16.6 Å². The third kappa shape index (κ3) is 5.47. The minimum Gasteiger partial charge on any atom is -0.378 e. The molecule has 0 aliphatic carbocycles. The van der Waals surface area contributed by atoms with E-state index in [1.807, 2.05) is 61.8 Å². The second-order valence-electron chi connectivity index (χ2n) is 8.88. The summed E-state index contributed by atoms with van der Waals surface area (Å²) in [6.45, 7) is 8.47. The molecule has 1 amide bonds. The summed E-state index contributed by atoms with van der Waals surface area (Å²) in [6.07, 6.45) is 0. The molecule has 0 saturated heterocycles. The van der Waals surface area contributed by atoms with Crippen molar-refractivity contribution in [3.63, 3.8) is 0 Å². The summed E-state index contributed by atoms with van der Waals surface area (Å²) in [6, 6.07) is 16.2. The number of hydrogen-bond donors (Lipinski definition) is 1. The van der Waals surface area contributed by atoms with Crippen LogP contribution in [0.3, 0.4) is 0 Å². The number of carbonyl (C=O) groups is 1. The van der Waals surface area contributed by atoms with Gasteiger partial charge in [-0.15, -0.1) is 10.2 Å². The van der Waals surface area contributed by atoms with Crippen LogP contribution in [0.5, 0.6) is 0 Å². The summed E-state index contributed by atoms with van der Waals surface area (Å²) in [5.74, 6) is 0.719. The molecule has 3 aromatic rings. The molecule has 3 rings (SSSR count). The Morgan fingerprint density at radius 1 is 1.03 bits per heavy atom. The van der Waals surface area contributed by atoms with Crippen LogP contribution in [0, 0.1) is 0 Å². The highest BCUT2D eigenvalue weighted by Crippen LogP contribution is 2.28. The Hall–Kier alpha value is -2.80. The fourth-order valence-electron chi connectivity index (χ4n) is 3.09. The zero-order valence-electron chi connectivity index (χ0n) is 19.3. The Kier molecular flexibility index (Phi) is 6.74. The lowest BCUT2D eigenvalue weighted by molar-refractivity contribution is -0.115. The number of thioether (sulfide) groups is 1. The van der Waals surface area contributed by atoms with Gasteiger partial charge in [-0.3, -0.25) is 4.79 Å². The van der Waals surface area contributed by atoms with E-state index in [0.29, 0.717) is 5.16 Å². The van der Waals surface area contributed by atoms with Gasteiger partial charge in [0.05, 0.1) is 5.25 Å². The molecule has 1 unspecified atom stereocenters. The Morgan fingerprint density at radius 2 is 1.65 bits per heavy atom. The first-order chi connectivity index (χ1) is 14.6. The summed E-state index contributed by atoms with van der Waals surface area (Å²) in [4.78, 5) is 14.7. The van der Waals surface area contributed by atoms with Crippen LogP contribution in [0.2, 0.25) is 0 Å². The zero-order chi connectivity index (χ0) is 22.8. The Bertz CT molecular complexity index is 1030. The third-order valence-electron chi connectivity index (χ3n) is 5.15. The van der Waals surface area contributed by atoms with Gasteiger partial charge in [-0.2, -0.15) is 0 Å². The van der Waals surface area contributed by atoms with Gasteiger partial charge in [-0.25, -0.2) is 0 Å². The van der Waals surface area contributed by atoms with Crippen LogP contribution in [0.25, 0.3) is 11.4 Å². The molecule has 1 aromatic heterocycles. The second-order valence-corrected chi connectivity index (χ2v) is 10.2. The fraction of sp³-hybridized carbons (Fsp3) is 0.375. The molecular formula is C24H31N5OS. The van der Waals surface area contributed by atoms with Gasteiger partial charge in [0.1, 0.15) is 0 Å². The van der Waals surface area contributed by atoms with Crippen LogP contribution in [0.15, 0.2) is 53.7 Å². The molecule has 1 atom stereocenters. The number of rotatable bonds is 6. The quantitative estimate of drug-likeness (QED) is 0.552. The van der Waals surface area contributed by atoms with Gasteiger partial charge >= 0.3 is 0 Å². The Labute approximate surface area is 189 Å². The van der Waals surface area contributed by atoms with Crippen molar-refractivity contribution in [3.05, 3.63) is 54.1 Å². The molecule has 6 nitrogen and oxygen atoms in total. The molecule has 31 heavy (non-hydrogen) atoms. The zero-order valence-corrected chi connectivity index (χ0v) is 20.1. The lowest BCUT2D eigenvalue weighted by Crippen LogP contribution is -2.22. The first kappa shape index (κ1) is 22.9. The van der Waals surface area contributed by atoms with E-state index in [1.54, 1.807) is 0 Å². The van der Waals surface area contributed by atoms with E-state index < -0.39 is 0 Å². The standard InChI is InChI=1S/C24H31N5OS/c1-16(22(30)25-19-12-14-20(15-13-19)28(5)6)31-23-27-26-21(29(23)7)17-8-10-18(11-9-17)24(2,3)4/h8-16H,1-7H3,(H,25,30). The minimum absolute atomic E-state index is 0.0679. The van der Waals surface area contributed by atoms with Gasteiger partial charge in [-0.1, -0.05) is 56.8 Å². The molecule has 164 valence electrons. The van der Waals surface area contributed by atoms with Crippen molar-refractivity contribution in [2.24, 2.45) is 7.05 Å². The van der Waals surface area contributed by atoms with Gasteiger partial charge in [-0.05, 0) is 42.2 Å². The maximum atomic E-state index is 12.7. The van der Waals surface area contributed by atoms with Crippen LogP contribution in [-0.2, 0) is 17.3 Å². The smallest absolute Gasteiger partial charge is 0.237 e. The third-order valence-corrected chi connectivity index (χ3v) is 6.28. The van der Waals surface area contributed by atoms with Gasteiger partial charge in [0.25, 0.3) is 0 Å². The van der Waals surface area contributed by atoms with Crippen molar-refractivity contribution in [2.75, 3.05) is 24.3 Å². The predicted octanol–water partition coefficient (Wildman–Crippen LogP) is 4.96. The van der Waals surface area contributed by atoms with E-state index in [0.717, 1.165) is 22.8 Å². The molecule has 0 spiro atoms. The number of amides is 1. The number of anilines is 2. The number of benzene rings is 2. The van der Waals surface area contributed by atoms with Crippen LogP contribution in [-0.4, -0.2) is 40.0 Å². The number of nitrogens with zero attached hydrogens (tertiary/aromatic N) is 4. The van der Waals surface area contributed by atoms with E-state index in [4.69, 9.17) is 0 Å². The predicted molar refractivity (Wildman–Crippen MR) is 130 cm³/mol. The topological polar surface area (TPSA) is 63.1 Å². The molecule has 7 heteroatoms. The number of nitrogens with one attached hydrogen (secondary N) is 1. The summed E-state index contributed by atoms with van der Waals surface area (Å²) in [7, 11) is 5.90. The highest BCUT2D eigenvalue weighted by atomic mass is 32.2. The highest BCUT2D eigenvalue weighted by molar-refractivity contribution is 8.00. The molecule has 0 saturated carbocycles. The fourth-order valence-corrected chi connectivity index (χ4v) is 3.90. The number of hydrogen-bond acceptors (Lipinski definition) is 5. The number of carbonyl (C=O) groups excluding carboxylic acids is 1. The number of aromatic nitrogens is 3. The molecule has 0 aliphatic heterocycles. The average molecular weight is 438 g/mol. The van der Waals surface area contributed by atoms with Gasteiger partial charge in [0.15, 0.2) is 11.0 Å². The van der Waals surface area contributed by atoms with Crippen molar-refractivity contribution in [2.45, 2.75) is 43.5 Å². The average Bonchev–Trinajstić information content (AvgIpc) is 3.08. The van der Waals surface area contributed by atoms with Crippen LogP contribution < -0.4 is 10.2 Å². The van der Waals surface area contributed by atoms with E-state index in [1.165, 1.54) is 17.3 Å². The summed E-state index contributed by atoms with van der Waals surface area (Å²) in [5.41, 5.74) is 4.25. The minimum atomic E-state index is -0.312. The van der Waals surface area contributed by atoms with Crippen molar-refractivity contribution in [1.29, 1.82) is 0 Å². The molecule has 0 aliphatic rings.